The summed E-state index contributed by atoms with van der Waals surface area (Å²) < 4.78 is 17.3. The molecule has 4 heterocycles. The Kier molecular flexibility index (Phi) is 10.7. The van der Waals surface area contributed by atoms with Crippen LogP contribution in [-0.2, 0) is 11.3 Å². The molecule has 1 saturated carbocycles. The van der Waals surface area contributed by atoms with Gasteiger partial charge < -0.3 is 4.90 Å². The van der Waals surface area contributed by atoms with Crippen LogP contribution < -0.4 is 11.2 Å². The molecular weight excluding hydrogens is 631 g/mol. The number of aromatic nitrogens is 3. The van der Waals surface area contributed by atoms with Gasteiger partial charge in [-0.3, -0.25) is 24.0 Å². The fourth-order valence-corrected chi connectivity index (χ4v) is 8.24. The third-order valence-corrected chi connectivity index (χ3v) is 11.0. The van der Waals surface area contributed by atoms with E-state index >= 15 is 0 Å². The number of rotatable bonds is 9. The van der Waals surface area contributed by atoms with E-state index in [4.69, 9.17) is 0 Å². The lowest BCUT2D eigenvalue weighted by Crippen LogP contribution is -2.43. The summed E-state index contributed by atoms with van der Waals surface area (Å²) in [4.78, 5) is 52.5. The zero-order chi connectivity index (χ0) is 34.6. The summed E-state index contributed by atoms with van der Waals surface area (Å²) in [7, 11) is 2.18. The van der Waals surface area contributed by atoms with Gasteiger partial charge in [0.1, 0.15) is 11.6 Å². The van der Waals surface area contributed by atoms with Crippen molar-refractivity contribution in [3.05, 3.63) is 93.0 Å². The molecule has 1 aliphatic carbocycles. The number of carbonyl (C=O) groups excluding carboxylic acids is 1. The second-order valence-corrected chi connectivity index (χ2v) is 14.8. The van der Waals surface area contributed by atoms with Gasteiger partial charge in [0.15, 0.2) is 5.65 Å². The molecule has 0 unspecified atom stereocenters. The van der Waals surface area contributed by atoms with E-state index in [1.807, 2.05) is 24.3 Å². The summed E-state index contributed by atoms with van der Waals surface area (Å²) >= 11 is 0. The molecule has 0 atom stereocenters. The van der Waals surface area contributed by atoms with E-state index in [1.54, 1.807) is 0 Å². The number of pyridine rings is 1. The van der Waals surface area contributed by atoms with Crippen molar-refractivity contribution < 1.29 is 9.18 Å². The Morgan fingerprint density at radius 3 is 2.36 bits per heavy atom. The molecule has 2 aromatic carbocycles. The van der Waals surface area contributed by atoms with Gasteiger partial charge in [0.2, 0.25) is 0 Å². The molecule has 264 valence electrons. The highest BCUT2D eigenvalue weighted by atomic mass is 19.1. The summed E-state index contributed by atoms with van der Waals surface area (Å²) in [5.74, 6) is -0.0967. The number of benzene rings is 2. The van der Waals surface area contributed by atoms with Crippen LogP contribution in [0.15, 0.2) is 70.4 Å². The third kappa shape index (κ3) is 7.82. The minimum atomic E-state index is -0.622. The van der Waals surface area contributed by atoms with Gasteiger partial charge >= 0.3 is 5.69 Å². The maximum atomic E-state index is 14.5. The second-order valence-electron chi connectivity index (χ2n) is 14.8. The molecule has 2 aromatic heterocycles. The molecule has 10 heteroatoms. The lowest BCUT2D eigenvalue weighted by atomic mass is 9.83. The highest BCUT2D eigenvalue weighted by Gasteiger charge is 2.29. The zero-order valence-corrected chi connectivity index (χ0v) is 29.2. The van der Waals surface area contributed by atoms with Gasteiger partial charge in [-0.2, -0.15) is 0 Å². The van der Waals surface area contributed by atoms with E-state index in [1.165, 1.54) is 33.6 Å². The smallest absolute Gasteiger partial charge is 0.305 e. The largest absolute Gasteiger partial charge is 0.337 e. The number of nitrogens with zero attached hydrogens (tertiary/aromatic N) is 6. The molecule has 4 aromatic rings. The first kappa shape index (κ1) is 34.5. The lowest BCUT2D eigenvalue weighted by Gasteiger charge is -2.30. The maximum absolute atomic E-state index is 14.5. The number of likely N-dealkylation sites (N-methyl/N-ethyl adjacent to an activating group) is 1. The van der Waals surface area contributed by atoms with Gasteiger partial charge in [0.05, 0.1) is 23.8 Å². The van der Waals surface area contributed by atoms with Crippen LogP contribution in [0.4, 0.5) is 4.39 Å². The second kappa shape index (κ2) is 15.5. The average molecular weight is 681 g/mol. The van der Waals surface area contributed by atoms with Crippen LogP contribution in [0.3, 0.4) is 0 Å². The van der Waals surface area contributed by atoms with Crippen LogP contribution in [0.1, 0.15) is 69.4 Å². The predicted molar refractivity (Wildman–Crippen MR) is 195 cm³/mol. The van der Waals surface area contributed by atoms with Gasteiger partial charge in [-0.25, -0.2) is 18.7 Å². The molecule has 2 aliphatic heterocycles. The molecule has 0 radical (unpaired) electrons. The molecule has 0 amide bonds. The van der Waals surface area contributed by atoms with Crippen LogP contribution >= 0.6 is 0 Å². The Balaban J connectivity index is 1.12. The number of halogens is 1. The van der Waals surface area contributed by atoms with Gasteiger partial charge in [0, 0.05) is 32.1 Å². The molecule has 0 spiro atoms. The van der Waals surface area contributed by atoms with Crippen molar-refractivity contribution >= 4 is 16.8 Å². The molecule has 2 saturated heterocycles. The number of Topliss-reactive ketones (excluding diaryl/α,β-unsaturated/α-hetero) is 1. The van der Waals surface area contributed by atoms with Gasteiger partial charge in [-0.05, 0) is 119 Å². The van der Waals surface area contributed by atoms with Crippen molar-refractivity contribution in [1.29, 1.82) is 0 Å². The quantitative estimate of drug-likeness (QED) is 0.226. The summed E-state index contributed by atoms with van der Waals surface area (Å²) in [6.45, 7) is 7.79. The monoisotopic (exact) mass is 680 g/mol. The predicted octanol–water partition coefficient (Wildman–Crippen LogP) is 5.67. The fourth-order valence-electron chi connectivity index (χ4n) is 8.24. The van der Waals surface area contributed by atoms with Gasteiger partial charge in [-0.1, -0.05) is 42.8 Å². The van der Waals surface area contributed by atoms with Crippen molar-refractivity contribution in [3.8, 4) is 16.8 Å². The van der Waals surface area contributed by atoms with E-state index in [0.717, 1.165) is 88.8 Å². The minimum absolute atomic E-state index is 0.0814. The summed E-state index contributed by atoms with van der Waals surface area (Å²) in [6, 6.07) is 17.1. The number of hydrogen-bond acceptors (Lipinski definition) is 7. The Bertz CT molecular complexity index is 1920. The first-order valence-corrected chi connectivity index (χ1v) is 18.5. The minimum Gasteiger partial charge on any atom is -0.305 e. The van der Waals surface area contributed by atoms with Crippen LogP contribution in [0.25, 0.3) is 27.8 Å². The number of carbonyl (C=O) groups is 1. The Hall–Kier alpha value is -3.99. The molecule has 3 fully saturated rings. The highest BCUT2D eigenvalue weighted by molar-refractivity contribution is 5.80. The Morgan fingerprint density at radius 1 is 0.820 bits per heavy atom. The van der Waals surface area contributed by atoms with Crippen molar-refractivity contribution in [2.75, 3.05) is 52.9 Å². The Morgan fingerprint density at radius 2 is 1.58 bits per heavy atom. The van der Waals surface area contributed by atoms with E-state index in [0.29, 0.717) is 31.5 Å². The number of fused-ring (bicyclic) bond motifs is 1. The van der Waals surface area contributed by atoms with E-state index in [-0.39, 0.29) is 28.8 Å². The Labute approximate surface area is 293 Å². The number of piperidine rings is 1. The molecule has 3 aliphatic rings. The first-order valence-electron chi connectivity index (χ1n) is 18.5. The van der Waals surface area contributed by atoms with Crippen LogP contribution in [0.5, 0.6) is 0 Å². The first-order chi connectivity index (χ1) is 24.3. The van der Waals surface area contributed by atoms with Crippen LogP contribution in [-0.4, -0.2) is 87.5 Å². The third-order valence-electron chi connectivity index (χ3n) is 11.0. The van der Waals surface area contributed by atoms with Crippen molar-refractivity contribution in [1.82, 2.24) is 28.8 Å². The average Bonchev–Trinajstić information content (AvgIpc) is 3.33. The summed E-state index contributed by atoms with van der Waals surface area (Å²) in [5.41, 5.74) is 2.94. The zero-order valence-electron chi connectivity index (χ0n) is 29.2. The highest BCUT2D eigenvalue weighted by Crippen LogP contribution is 2.33. The standard InChI is InChI=1S/C40H49FN6O3/c1-43-17-6-20-45(22-21-43)27-30-9-13-31(14-10-30)32-7-5-8-35(24-32)46-38-37(25-33(41)26-42-38)39(49)47(40(46)50)34-15-11-29(12-16-34)23-36(48)28-44-18-3-2-4-19-44/h5,7-10,13-14,24-26,29,34H,2-4,6,11-12,15-23,27-28H2,1H3. The lowest BCUT2D eigenvalue weighted by molar-refractivity contribution is -0.121. The van der Waals surface area contributed by atoms with Crippen molar-refractivity contribution in [3.63, 3.8) is 0 Å². The normalized spacial score (nSPS) is 21.3. The number of hydrogen-bond donors (Lipinski definition) is 0. The molecular formula is C40H49FN6O3. The SMILES string of the molecule is CN1CCCN(Cc2ccc(-c3cccc(-n4c(=O)n(C5CCC(CC(=O)CN6CCCCC6)CC5)c(=O)c5cc(F)cnc54)c3)cc2)CC1. The molecule has 7 rings (SSSR count). The van der Waals surface area contributed by atoms with Crippen molar-refractivity contribution in [2.24, 2.45) is 5.92 Å². The fraction of sp³-hybridized carbons (Fsp3) is 0.500. The summed E-state index contributed by atoms with van der Waals surface area (Å²) in [6.07, 6.45) is 9.09. The maximum Gasteiger partial charge on any atom is 0.337 e. The van der Waals surface area contributed by atoms with Gasteiger partial charge in [0.25, 0.3) is 5.56 Å². The van der Waals surface area contributed by atoms with E-state index in [9.17, 15) is 18.8 Å². The van der Waals surface area contributed by atoms with Crippen LogP contribution in [0.2, 0.25) is 0 Å². The van der Waals surface area contributed by atoms with E-state index < -0.39 is 17.1 Å². The van der Waals surface area contributed by atoms with Crippen LogP contribution in [0, 0.1) is 11.7 Å². The molecule has 50 heavy (non-hydrogen) atoms. The van der Waals surface area contributed by atoms with Crippen molar-refractivity contribution in [2.45, 2.75) is 70.4 Å². The molecule has 0 bridgehead atoms. The van der Waals surface area contributed by atoms with E-state index in [2.05, 4.69) is 51.0 Å². The van der Waals surface area contributed by atoms with Gasteiger partial charge in [-0.15, -0.1) is 0 Å². The number of likely N-dealkylation sites (tertiary alicyclic amines) is 1. The molecule has 0 N–H and O–H groups in total. The topological polar surface area (TPSA) is 83.7 Å². The summed E-state index contributed by atoms with van der Waals surface area (Å²) in [5, 5.41) is 0.0814. The number of ketones is 1. The molecule has 9 nitrogen and oxygen atoms in total.